The Bertz CT molecular complexity index is 778. The number of phenolic OH excluding ortho intramolecular Hbond substituents is 1. The van der Waals surface area contributed by atoms with E-state index < -0.39 is 23.9 Å². The van der Waals surface area contributed by atoms with Crippen molar-refractivity contribution in [3.05, 3.63) is 59.7 Å². The molecule has 2 aromatic carbocycles. The maximum absolute atomic E-state index is 12.2. The zero-order valence-electron chi connectivity index (χ0n) is 12.6. The number of alkyl halides is 3. The van der Waals surface area contributed by atoms with Crippen molar-refractivity contribution in [2.24, 2.45) is 0 Å². The van der Waals surface area contributed by atoms with E-state index in [-0.39, 0.29) is 17.7 Å². The summed E-state index contributed by atoms with van der Waals surface area (Å²) in [4.78, 5) is 23.6. The number of rotatable bonds is 4. The van der Waals surface area contributed by atoms with Crippen LogP contribution in [-0.4, -0.2) is 23.3 Å². The highest BCUT2D eigenvalue weighted by molar-refractivity contribution is 5.95. The molecule has 132 valence electrons. The Morgan fingerprint density at radius 2 is 1.76 bits per heavy atom. The number of aromatic hydroxyl groups is 1. The molecule has 0 aromatic heterocycles. The van der Waals surface area contributed by atoms with Gasteiger partial charge in [0.2, 0.25) is 5.91 Å². The lowest BCUT2D eigenvalue weighted by molar-refractivity contribution is -0.274. The molecule has 0 aliphatic heterocycles. The van der Waals surface area contributed by atoms with Gasteiger partial charge in [-0.1, -0.05) is 18.2 Å². The standard InChI is InChI=1S/C16H13F3N2O4/c17-16(18,19)25-13-6-2-4-11(9-13)15(24)21-20-14(23)8-10-3-1-5-12(22)7-10/h1-7,9,22H,8H2,(H,20,23)(H,21,24). The van der Waals surface area contributed by atoms with E-state index in [2.05, 4.69) is 15.6 Å². The van der Waals surface area contributed by atoms with Crippen LogP contribution in [0.2, 0.25) is 0 Å². The van der Waals surface area contributed by atoms with Gasteiger partial charge in [-0.25, -0.2) is 0 Å². The van der Waals surface area contributed by atoms with Crippen LogP contribution in [0.25, 0.3) is 0 Å². The number of hydrogen-bond acceptors (Lipinski definition) is 4. The largest absolute Gasteiger partial charge is 0.573 e. The Balaban J connectivity index is 1.91. The molecule has 2 aromatic rings. The van der Waals surface area contributed by atoms with Crippen LogP contribution >= 0.6 is 0 Å². The minimum Gasteiger partial charge on any atom is -0.508 e. The zero-order valence-corrected chi connectivity index (χ0v) is 12.6. The summed E-state index contributed by atoms with van der Waals surface area (Å²) in [5.74, 6) is -1.93. The van der Waals surface area contributed by atoms with Crippen molar-refractivity contribution in [2.75, 3.05) is 0 Å². The minimum atomic E-state index is -4.87. The normalized spacial score (nSPS) is 10.8. The summed E-state index contributed by atoms with van der Waals surface area (Å²) in [5.41, 5.74) is 4.61. The van der Waals surface area contributed by atoms with Crippen molar-refractivity contribution >= 4 is 11.8 Å². The Kier molecular flexibility index (Phi) is 5.48. The molecule has 25 heavy (non-hydrogen) atoms. The van der Waals surface area contributed by atoms with E-state index in [1.54, 1.807) is 12.1 Å². The van der Waals surface area contributed by atoms with Crippen LogP contribution in [0.3, 0.4) is 0 Å². The van der Waals surface area contributed by atoms with Crippen molar-refractivity contribution in [1.82, 2.24) is 10.9 Å². The highest BCUT2D eigenvalue weighted by Gasteiger charge is 2.31. The third-order valence-electron chi connectivity index (χ3n) is 2.92. The number of hydrogen-bond donors (Lipinski definition) is 3. The average Bonchev–Trinajstić information content (AvgIpc) is 2.51. The predicted molar refractivity (Wildman–Crippen MR) is 80.5 cm³/mol. The van der Waals surface area contributed by atoms with Gasteiger partial charge in [-0.3, -0.25) is 20.4 Å². The molecule has 0 aliphatic rings. The highest BCUT2D eigenvalue weighted by Crippen LogP contribution is 2.23. The van der Waals surface area contributed by atoms with Gasteiger partial charge in [0.05, 0.1) is 6.42 Å². The predicted octanol–water partition coefficient (Wildman–Crippen LogP) is 2.29. The fraction of sp³-hybridized carbons (Fsp3) is 0.125. The minimum absolute atomic E-state index is 0.00387. The monoisotopic (exact) mass is 354 g/mol. The molecule has 0 saturated carbocycles. The summed E-state index contributed by atoms with van der Waals surface area (Å²) >= 11 is 0. The third-order valence-corrected chi connectivity index (χ3v) is 2.92. The van der Waals surface area contributed by atoms with Gasteiger partial charge in [0.1, 0.15) is 11.5 Å². The highest BCUT2D eigenvalue weighted by atomic mass is 19.4. The topological polar surface area (TPSA) is 87.7 Å². The van der Waals surface area contributed by atoms with Gasteiger partial charge < -0.3 is 9.84 Å². The van der Waals surface area contributed by atoms with Gasteiger partial charge in [0, 0.05) is 5.56 Å². The third kappa shape index (κ3) is 6.05. The molecule has 0 aliphatic carbocycles. The quantitative estimate of drug-likeness (QED) is 0.735. The number of carbonyl (C=O) groups excluding carboxylic acids is 2. The molecule has 6 nitrogen and oxygen atoms in total. The zero-order chi connectivity index (χ0) is 18.4. The number of hydrazine groups is 1. The van der Waals surface area contributed by atoms with Crippen molar-refractivity contribution in [2.45, 2.75) is 12.8 Å². The van der Waals surface area contributed by atoms with Gasteiger partial charge in [-0.05, 0) is 35.9 Å². The summed E-state index contributed by atoms with van der Waals surface area (Å²) in [6.07, 6.45) is -4.98. The molecule has 2 rings (SSSR count). The summed E-state index contributed by atoms with van der Waals surface area (Å²) in [7, 11) is 0. The van der Waals surface area contributed by atoms with Crippen molar-refractivity contribution in [3.8, 4) is 11.5 Å². The van der Waals surface area contributed by atoms with Gasteiger partial charge >= 0.3 is 6.36 Å². The SMILES string of the molecule is O=C(Cc1cccc(O)c1)NNC(=O)c1cccc(OC(F)(F)F)c1. The molecule has 0 spiro atoms. The maximum Gasteiger partial charge on any atom is 0.573 e. The smallest absolute Gasteiger partial charge is 0.508 e. The van der Waals surface area contributed by atoms with Gasteiger partial charge in [-0.2, -0.15) is 0 Å². The van der Waals surface area contributed by atoms with E-state index in [4.69, 9.17) is 0 Å². The van der Waals surface area contributed by atoms with E-state index in [9.17, 15) is 27.9 Å². The Labute approximate surface area is 140 Å². The molecular weight excluding hydrogens is 341 g/mol. The second-order valence-electron chi connectivity index (χ2n) is 4.92. The molecule has 9 heteroatoms. The number of ether oxygens (including phenoxy) is 1. The number of carbonyl (C=O) groups is 2. The molecule has 0 fully saturated rings. The average molecular weight is 354 g/mol. The molecule has 0 saturated heterocycles. The Hall–Kier alpha value is -3.23. The molecule has 0 unspecified atom stereocenters. The summed E-state index contributed by atoms with van der Waals surface area (Å²) in [6, 6.07) is 10.4. The second-order valence-corrected chi connectivity index (χ2v) is 4.92. The van der Waals surface area contributed by atoms with Gasteiger partial charge in [0.15, 0.2) is 0 Å². The van der Waals surface area contributed by atoms with Crippen LogP contribution in [0.1, 0.15) is 15.9 Å². The summed E-state index contributed by atoms with van der Waals surface area (Å²) in [5, 5.41) is 9.31. The van der Waals surface area contributed by atoms with E-state index >= 15 is 0 Å². The number of phenols is 1. The molecule has 0 bridgehead atoms. The fourth-order valence-corrected chi connectivity index (χ4v) is 1.93. The lowest BCUT2D eigenvalue weighted by Crippen LogP contribution is -2.42. The molecule has 0 radical (unpaired) electrons. The van der Waals surface area contributed by atoms with Crippen molar-refractivity contribution in [1.29, 1.82) is 0 Å². The first-order valence-corrected chi connectivity index (χ1v) is 6.96. The van der Waals surface area contributed by atoms with Crippen molar-refractivity contribution in [3.63, 3.8) is 0 Å². The van der Waals surface area contributed by atoms with E-state index in [0.29, 0.717) is 5.56 Å². The van der Waals surface area contributed by atoms with Crippen LogP contribution in [0.4, 0.5) is 13.2 Å². The van der Waals surface area contributed by atoms with Crippen LogP contribution in [0, 0.1) is 0 Å². The lowest BCUT2D eigenvalue weighted by Gasteiger charge is -2.11. The Morgan fingerprint density at radius 1 is 1.04 bits per heavy atom. The molecule has 0 heterocycles. The maximum atomic E-state index is 12.2. The van der Waals surface area contributed by atoms with Crippen LogP contribution < -0.4 is 15.6 Å². The van der Waals surface area contributed by atoms with Crippen LogP contribution in [-0.2, 0) is 11.2 Å². The van der Waals surface area contributed by atoms with Crippen LogP contribution in [0.15, 0.2) is 48.5 Å². The first-order chi connectivity index (χ1) is 11.7. The number of amides is 2. The first-order valence-electron chi connectivity index (χ1n) is 6.96. The number of nitrogens with one attached hydrogen (secondary N) is 2. The molecular formula is C16H13F3N2O4. The molecule has 0 atom stereocenters. The molecule has 3 N–H and O–H groups in total. The molecule has 2 amide bonds. The summed E-state index contributed by atoms with van der Waals surface area (Å²) < 4.78 is 40.2. The van der Waals surface area contributed by atoms with E-state index in [1.165, 1.54) is 24.3 Å². The Morgan fingerprint density at radius 3 is 2.44 bits per heavy atom. The number of benzene rings is 2. The van der Waals surface area contributed by atoms with E-state index in [1.807, 2.05) is 0 Å². The second kappa shape index (κ2) is 7.56. The fourth-order valence-electron chi connectivity index (χ4n) is 1.93. The number of halogens is 3. The van der Waals surface area contributed by atoms with Gasteiger partial charge in [0.25, 0.3) is 5.91 Å². The summed E-state index contributed by atoms with van der Waals surface area (Å²) in [6.45, 7) is 0. The van der Waals surface area contributed by atoms with Crippen LogP contribution in [0.5, 0.6) is 11.5 Å². The lowest BCUT2D eigenvalue weighted by atomic mass is 10.1. The van der Waals surface area contributed by atoms with Crippen molar-refractivity contribution < 1.29 is 32.6 Å². The first kappa shape index (κ1) is 18.1. The van der Waals surface area contributed by atoms with E-state index in [0.717, 1.165) is 12.1 Å². The van der Waals surface area contributed by atoms with Gasteiger partial charge in [-0.15, -0.1) is 13.2 Å².